The maximum atomic E-state index is 11.3. The van der Waals surface area contributed by atoms with E-state index < -0.39 is 5.91 Å². The predicted molar refractivity (Wildman–Crippen MR) is 80.3 cm³/mol. The van der Waals surface area contributed by atoms with Gasteiger partial charge in [0.1, 0.15) is 23.3 Å². The summed E-state index contributed by atoms with van der Waals surface area (Å²) in [6.07, 6.45) is 1.27. The molecule has 0 spiro atoms. The second-order valence-corrected chi connectivity index (χ2v) is 5.42. The molecule has 2 aromatic heterocycles. The van der Waals surface area contributed by atoms with Gasteiger partial charge >= 0.3 is 0 Å². The van der Waals surface area contributed by atoms with E-state index in [1.54, 1.807) is 7.11 Å². The van der Waals surface area contributed by atoms with Crippen molar-refractivity contribution in [2.45, 2.75) is 0 Å². The van der Waals surface area contributed by atoms with Gasteiger partial charge in [0, 0.05) is 4.88 Å². The first-order chi connectivity index (χ1) is 10.2. The topological polar surface area (TPSA) is 78.3 Å². The van der Waals surface area contributed by atoms with Crippen molar-refractivity contribution in [1.29, 1.82) is 0 Å². The summed E-state index contributed by atoms with van der Waals surface area (Å²) in [6.45, 7) is 0. The Hall–Kier alpha value is -2.60. The molecule has 1 amide bonds. The Morgan fingerprint density at radius 1 is 1.19 bits per heavy atom. The molecule has 106 valence electrons. The highest BCUT2D eigenvalue weighted by molar-refractivity contribution is 7.18. The zero-order valence-corrected chi connectivity index (χ0v) is 12.0. The number of thiophene rings is 1. The molecule has 0 bridgehead atoms. The fourth-order valence-corrected chi connectivity index (χ4v) is 2.97. The molecule has 0 radical (unpaired) electrons. The normalized spacial score (nSPS) is 10.5. The van der Waals surface area contributed by atoms with E-state index in [9.17, 15) is 4.79 Å². The number of nitrogens with two attached hydrogens (primary N) is 1. The smallest absolute Gasteiger partial charge is 0.254 e. The molecule has 6 heteroatoms. The van der Waals surface area contributed by atoms with Crippen LogP contribution in [0.25, 0.3) is 21.0 Å². The van der Waals surface area contributed by atoms with Crippen LogP contribution in [0.15, 0.2) is 47.2 Å². The largest absolute Gasteiger partial charge is 0.497 e. The third kappa shape index (κ3) is 2.53. The van der Waals surface area contributed by atoms with Gasteiger partial charge in [-0.2, -0.15) is 0 Å². The van der Waals surface area contributed by atoms with Crippen LogP contribution >= 0.6 is 11.3 Å². The zero-order chi connectivity index (χ0) is 14.8. The minimum atomic E-state index is -0.550. The third-order valence-electron chi connectivity index (χ3n) is 3.05. The Kier molecular flexibility index (Phi) is 3.45. The summed E-state index contributed by atoms with van der Waals surface area (Å²) in [4.78, 5) is 13.2. The van der Waals surface area contributed by atoms with Gasteiger partial charge < -0.3 is 15.0 Å². The summed E-state index contributed by atoms with van der Waals surface area (Å²) in [6, 6.07) is 11.6. The SMILES string of the molecule is COc1ccc(-c2ccc(-c3nocc3C(N)=O)s2)cc1. The number of carbonyl (C=O) groups excluding carboxylic acids is 1. The molecule has 2 N–H and O–H groups in total. The molecule has 0 fully saturated rings. The minimum Gasteiger partial charge on any atom is -0.497 e. The van der Waals surface area contributed by atoms with Crippen molar-refractivity contribution >= 4 is 17.2 Å². The van der Waals surface area contributed by atoms with Crippen molar-refractivity contribution in [3.05, 3.63) is 48.2 Å². The lowest BCUT2D eigenvalue weighted by Gasteiger charge is -2.00. The number of primary amides is 1. The van der Waals surface area contributed by atoms with Crippen LogP contribution in [0.5, 0.6) is 5.75 Å². The van der Waals surface area contributed by atoms with Gasteiger partial charge in [-0.25, -0.2) is 0 Å². The second kappa shape index (κ2) is 5.41. The lowest BCUT2D eigenvalue weighted by atomic mass is 10.2. The first kappa shape index (κ1) is 13.4. The molecule has 0 saturated heterocycles. The molecular formula is C15H12N2O3S. The molecule has 0 aliphatic carbocycles. The summed E-state index contributed by atoms with van der Waals surface area (Å²) < 4.78 is 9.99. The number of carbonyl (C=O) groups is 1. The van der Waals surface area contributed by atoms with Gasteiger partial charge in [0.05, 0.1) is 12.0 Å². The number of amides is 1. The fraction of sp³-hybridized carbons (Fsp3) is 0.0667. The third-order valence-corrected chi connectivity index (χ3v) is 4.19. The molecule has 0 aliphatic rings. The quantitative estimate of drug-likeness (QED) is 0.802. The number of aromatic nitrogens is 1. The molecule has 0 saturated carbocycles. The second-order valence-electron chi connectivity index (χ2n) is 4.33. The van der Waals surface area contributed by atoms with Crippen molar-refractivity contribution in [3.8, 4) is 26.8 Å². The highest BCUT2D eigenvalue weighted by Crippen LogP contribution is 2.35. The Bertz CT molecular complexity index is 774. The summed E-state index contributed by atoms with van der Waals surface area (Å²) in [5.74, 6) is 0.258. The molecule has 1 aromatic carbocycles. The van der Waals surface area contributed by atoms with Crippen LogP contribution in [0.2, 0.25) is 0 Å². The highest BCUT2D eigenvalue weighted by Gasteiger charge is 2.16. The van der Waals surface area contributed by atoms with Crippen LogP contribution in [0.1, 0.15) is 10.4 Å². The van der Waals surface area contributed by atoms with Crippen LogP contribution in [0, 0.1) is 0 Å². The maximum absolute atomic E-state index is 11.3. The monoisotopic (exact) mass is 300 g/mol. The first-order valence-corrected chi connectivity index (χ1v) is 6.99. The molecule has 3 rings (SSSR count). The maximum Gasteiger partial charge on any atom is 0.254 e. The van der Waals surface area contributed by atoms with Crippen LogP contribution in [-0.4, -0.2) is 18.2 Å². The number of methoxy groups -OCH3 is 1. The van der Waals surface area contributed by atoms with E-state index in [0.29, 0.717) is 5.69 Å². The number of hydrogen-bond acceptors (Lipinski definition) is 5. The Balaban J connectivity index is 1.95. The molecule has 0 atom stereocenters. The Morgan fingerprint density at radius 3 is 2.57 bits per heavy atom. The lowest BCUT2D eigenvalue weighted by Crippen LogP contribution is -2.10. The number of ether oxygens (including phenoxy) is 1. The molecule has 5 nitrogen and oxygen atoms in total. The number of benzene rings is 1. The van der Waals surface area contributed by atoms with E-state index in [2.05, 4.69) is 5.16 Å². The van der Waals surface area contributed by atoms with E-state index >= 15 is 0 Å². The molecule has 21 heavy (non-hydrogen) atoms. The zero-order valence-electron chi connectivity index (χ0n) is 11.2. The Labute approximate surface area is 124 Å². The van der Waals surface area contributed by atoms with Crippen molar-refractivity contribution in [2.24, 2.45) is 5.73 Å². The van der Waals surface area contributed by atoms with E-state index in [0.717, 1.165) is 21.1 Å². The van der Waals surface area contributed by atoms with Gasteiger partial charge in [0.15, 0.2) is 0 Å². The first-order valence-electron chi connectivity index (χ1n) is 6.18. The van der Waals surface area contributed by atoms with Crippen molar-refractivity contribution < 1.29 is 14.1 Å². The van der Waals surface area contributed by atoms with Crippen LogP contribution in [0.4, 0.5) is 0 Å². The van der Waals surface area contributed by atoms with Crippen LogP contribution < -0.4 is 10.5 Å². The molecule has 0 unspecified atom stereocenters. The average Bonchev–Trinajstić information content (AvgIpc) is 3.16. The number of rotatable bonds is 4. The number of hydrogen-bond donors (Lipinski definition) is 1. The van der Waals surface area contributed by atoms with Crippen LogP contribution in [-0.2, 0) is 0 Å². The van der Waals surface area contributed by atoms with Gasteiger partial charge in [0.25, 0.3) is 5.91 Å². The summed E-state index contributed by atoms with van der Waals surface area (Å²) in [5.41, 5.74) is 7.13. The summed E-state index contributed by atoms with van der Waals surface area (Å²) in [7, 11) is 1.63. The van der Waals surface area contributed by atoms with Crippen molar-refractivity contribution in [1.82, 2.24) is 5.16 Å². The average molecular weight is 300 g/mol. The standard InChI is InChI=1S/C15H12N2O3S/c1-19-10-4-2-9(3-5-10)12-6-7-13(21-12)14-11(15(16)18)8-20-17-14/h2-8H,1H3,(H2,16,18). The van der Waals surface area contributed by atoms with Gasteiger partial charge in [-0.15, -0.1) is 11.3 Å². The van der Waals surface area contributed by atoms with Crippen molar-refractivity contribution in [3.63, 3.8) is 0 Å². The van der Waals surface area contributed by atoms with E-state index in [4.69, 9.17) is 15.0 Å². The molecule has 3 aromatic rings. The molecular weight excluding hydrogens is 288 g/mol. The van der Waals surface area contributed by atoms with Gasteiger partial charge in [-0.05, 0) is 42.0 Å². The number of nitrogens with zero attached hydrogens (tertiary/aromatic N) is 1. The fourth-order valence-electron chi connectivity index (χ4n) is 1.96. The molecule has 2 heterocycles. The highest BCUT2D eigenvalue weighted by atomic mass is 32.1. The summed E-state index contributed by atoms with van der Waals surface area (Å²) in [5, 5.41) is 3.86. The van der Waals surface area contributed by atoms with Gasteiger partial charge in [-0.3, -0.25) is 4.79 Å². The van der Waals surface area contributed by atoms with Gasteiger partial charge in [-0.1, -0.05) is 5.16 Å². The minimum absolute atomic E-state index is 0.290. The van der Waals surface area contributed by atoms with E-state index in [1.165, 1.54) is 17.6 Å². The summed E-state index contributed by atoms with van der Waals surface area (Å²) >= 11 is 1.52. The Morgan fingerprint density at radius 2 is 1.90 bits per heavy atom. The molecule has 0 aliphatic heterocycles. The van der Waals surface area contributed by atoms with Crippen LogP contribution in [0.3, 0.4) is 0 Å². The predicted octanol–water partition coefficient (Wildman–Crippen LogP) is 3.18. The lowest BCUT2D eigenvalue weighted by molar-refractivity contribution is 0.100. The van der Waals surface area contributed by atoms with Crippen molar-refractivity contribution in [2.75, 3.05) is 7.11 Å². The van der Waals surface area contributed by atoms with Gasteiger partial charge in [0.2, 0.25) is 0 Å². The van der Waals surface area contributed by atoms with E-state index in [1.807, 2.05) is 36.4 Å². The van der Waals surface area contributed by atoms with E-state index in [-0.39, 0.29) is 5.56 Å².